The van der Waals surface area contributed by atoms with Gasteiger partial charge < -0.3 is 10.1 Å². The molecule has 0 bridgehead atoms. The van der Waals surface area contributed by atoms with Crippen molar-refractivity contribution in [2.24, 2.45) is 7.05 Å². The summed E-state index contributed by atoms with van der Waals surface area (Å²) < 4.78 is 6.62. The molecule has 4 rings (SSSR count). The second-order valence-corrected chi connectivity index (χ2v) is 8.97. The molecule has 180 valence electrons. The Bertz CT molecular complexity index is 1360. The molecule has 0 radical (unpaired) electrons. The van der Waals surface area contributed by atoms with Gasteiger partial charge in [0.15, 0.2) is 6.61 Å². The van der Waals surface area contributed by atoms with Gasteiger partial charge in [-0.25, -0.2) is 9.48 Å². The van der Waals surface area contributed by atoms with Gasteiger partial charge in [-0.1, -0.05) is 12.1 Å². The van der Waals surface area contributed by atoms with E-state index in [4.69, 9.17) is 4.74 Å². The first-order valence-corrected chi connectivity index (χ1v) is 11.0. The van der Waals surface area contributed by atoms with Crippen molar-refractivity contribution in [1.82, 2.24) is 20.2 Å². The van der Waals surface area contributed by atoms with Crippen LogP contribution < -0.4 is 10.2 Å². The van der Waals surface area contributed by atoms with Crippen molar-refractivity contribution in [3.05, 3.63) is 58.1 Å². The predicted molar refractivity (Wildman–Crippen MR) is 123 cm³/mol. The minimum Gasteiger partial charge on any atom is -0.452 e. The van der Waals surface area contributed by atoms with Crippen LogP contribution >= 0.6 is 11.8 Å². The Labute approximate surface area is 202 Å². The van der Waals surface area contributed by atoms with E-state index >= 15 is 0 Å². The number of nitro benzene ring substituents is 1. The lowest BCUT2D eigenvalue weighted by atomic mass is 9.96. The van der Waals surface area contributed by atoms with Crippen molar-refractivity contribution in [2.75, 3.05) is 16.8 Å². The molecule has 2 amide bonds. The molecule has 13 nitrogen and oxygen atoms in total. The van der Waals surface area contributed by atoms with Gasteiger partial charge in [0.25, 0.3) is 11.6 Å². The van der Waals surface area contributed by atoms with Crippen LogP contribution in [-0.4, -0.2) is 55.1 Å². The zero-order chi connectivity index (χ0) is 25.3. The van der Waals surface area contributed by atoms with Crippen LogP contribution in [0.3, 0.4) is 0 Å². The highest BCUT2D eigenvalue weighted by atomic mass is 32.2. The highest BCUT2D eigenvalue weighted by Crippen LogP contribution is 2.37. The van der Waals surface area contributed by atoms with E-state index < -0.39 is 34.9 Å². The van der Waals surface area contributed by atoms with Crippen molar-refractivity contribution in [1.29, 1.82) is 0 Å². The number of anilines is 2. The summed E-state index contributed by atoms with van der Waals surface area (Å²) in [5, 5.41) is 25.4. The molecule has 0 spiro atoms. The van der Waals surface area contributed by atoms with Crippen LogP contribution in [0.25, 0.3) is 0 Å². The Morgan fingerprint density at radius 3 is 2.66 bits per heavy atom. The molecule has 2 heterocycles. The fourth-order valence-electron chi connectivity index (χ4n) is 3.45. The summed E-state index contributed by atoms with van der Waals surface area (Å²) in [6, 6.07) is 10.4. The van der Waals surface area contributed by atoms with E-state index in [-0.39, 0.29) is 11.3 Å². The number of hydrogen-bond acceptors (Lipinski definition) is 10. The summed E-state index contributed by atoms with van der Waals surface area (Å²) in [7, 11) is 1.60. The number of non-ortho nitro benzene ring substituents is 1. The number of nitrogens with one attached hydrogen (secondary N) is 1. The first-order valence-electron chi connectivity index (χ1n) is 10.2. The molecular formula is C21H19N7O6S. The third-order valence-corrected chi connectivity index (χ3v) is 6.36. The second kappa shape index (κ2) is 9.13. The van der Waals surface area contributed by atoms with Gasteiger partial charge >= 0.3 is 5.97 Å². The molecule has 14 heteroatoms. The summed E-state index contributed by atoms with van der Waals surface area (Å²) in [6.07, 6.45) is 0. The Morgan fingerprint density at radius 2 is 1.97 bits per heavy atom. The first kappa shape index (κ1) is 23.8. The van der Waals surface area contributed by atoms with Crippen LogP contribution in [-0.2, 0) is 21.4 Å². The molecular weight excluding hydrogens is 478 g/mol. The summed E-state index contributed by atoms with van der Waals surface area (Å²) >= 11 is 1.00. The van der Waals surface area contributed by atoms with E-state index in [0.717, 1.165) is 17.8 Å². The Hall–Kier alpha value is -4.33. The second-order valence-electron chi connectivity index (χ2n) is 7.96. The molecule has 0 saturated carbocycles. The van der Waals surface area contributed by atoms with Crippen LogP contribution in [0.1, 0.15) is 24.2 Å². The topological polar surface area (TPSA) is 162 Å². The van der Waals surface area contributed by atoms with Crippen molar-refractivity contribution >= 4 is 46.6 Å². The number of benzene rings is 2. The van der Waals surface area contributed by atoms with Gasteiger partial charge in [0, 0.05) is 24.1 Å². The number of carbonyl (C=O) groups excluding carboxylic acids is 3. The Kier molecular flexibility index (Phi) is 6.22. The van der Waals surface area contributed by atoms with Crippen molar-refractivity contribution in [3.8, 4) is 0 Å². The highest BCUT2D eigenvalue weighted by Gasteiger charge is 2.43. The smallest absolute Gasteiger partial charge is 0.340 e. The minimum absolute atomic E-state index is 0.129. The normalized spacial score (nSPS) is 14.1. The molecule has 1 aromatic heterocycles. The van der Waals surface area contributed by atoms with Crippen molar-refractivity contribution < 1.29 is 24.0 Å². The number of para-hydroxylation sites is 2. The number of carbonyl (C=O) groups is 3. The largest absolute Gasteiger partial charge is 0.452 e. The van der Waals surface area contributed by atoms with Gasteiger partial charge in [-0.3, -0.25) is 24.6 Å². The fraction of sp³-hybridized carbons (Fsp3) is 0.238. The molecule has 1 N–H and O–H groups in total. The van der Waals surface area contributed by atoms with E-state index in [1.165, 1.54) is 21.7 Å². The van der Waals surface area contributed by atoms with Gasteiger partial charge in [0.1, 0.15) is 5.54 Å². The predicted octanol–water partition coefficient (Wildman–Crippen LogP) is 2.19. The number of nitro groups is 1. The number of esters is 1. The molecule has 1 aliphatic heterocycles. The van der Waals surface area contributed by atoms with E-state index in [0.29, 0.717) is 21.4 Å². The van der Waals surface area contributed by atoms with Gasteiger partial charge in [0.05, 0.1) is 21.9 Å². The number of rotatable bonds is 6. The average Bonchev–Trinajstić information content (AvgIpc) is 3.22. The first-order chi connectivity index (χ1) is 16.6. The molecule has 1 aliphatic rings. The van der Waals surface area contributed by atoms with Crippen LogP contribution in [0.15, 0.2) is 52.5 Å². The van der Waals surface area contributed by atoms with Gasteiger partial charge in [-0.05, 0) is 54.2 Å². The molecule has 0 unspecified atom stereocenters. The van der Waals surface area contributed by atoms with Crippen LogP contribution in [0, 0.1) is 10.1 Å². The van der Waals surface area contributed by atoms with Crippen LogP contribution in [0.5, 0.6) is 0 Å². The Morgan fingerprint density at radius 1 is 1.23 bits per heavy atom. The number of aromatic nitrogens is 4. The summed E-state index contributed by atoms with van der Waals surface area (Å²) in [6.45, 7) is 2.45. The van der Waals surface area contributed by atoms with Crippen LogP contribution in [0.2, 0.25) is 0 Å². The third kappa shape index (κ3) is 4.55. The standard InChI is InChI=1S/C21H19N7O6S/c1-21(2)19(31)22-14-6-4-5-7-15(14)27(21)17(29)11-34-18(30)13-10-12(28(32)33)8-9-16(13)35-20-23-24-25-26(20)3/h4-10H,11H2,1-3H3,(H,22,31). The Balaban J connectivity index is 1.59. The number of amides is 2. The summed E-state index contributed by atoms with van der Waals surface area (Å²) in [5.74, 6) is -1.99. The fourth-order valence-corrected chi connectivity index (χ4v) is 4.29. The maximum Gasteiger partial charge on any atom is 0.340 e. The summed E-state index contributed by atoms with van der Waals surface area (Å²) in [5.41, 5.74) is -0.795. The number of ether oxygens (including phenoxy) is 1. The van der Waals surface area contributed by atoms with E-state index in [1.54, 1.807) is 45.2 Å². The number of fused-ring (bicyclic) bond motifs is 1. The molecule has 35 heavy (non-hydrogen) atoms. The molecule has 0 saturated heterocycles. The van der Waals surface area contributed by atoms with E-state index in [2.05, 4.69) is 20.8 Å². The molecule has 3 aromatic rings. The highest BCUT2D eigenvalue weighted by molar-refractivity contribution is 7.99. The molecule has 0 fully saturated rings. The maximum atomic E-state index is 13.1. The zero-order valence-electron chi connectivity index (χ0n) is 18.8. The van der Waals surface area contributed by atoms with E-state index in [1.807, 2.05) is 0 Å². The molecule has 0 aliphatic carbocycles. The maximum absolute atomic E-state index is 13.1. The quantitative estimate of drug-likeness (QED) is 0.303. The van der Waals surface area contributed by atoms with Crippen LogP contribution in [0.4, 0.5) is 17.1 Å². The third-order valence-electron chi connectivity index (χ3n) is 5.26. The molecule has 2 aromatic carbocycles. The molecule has 0 atom stereocenters. The number of hydrogen-bond donors (Lipinski definition) is 1. The van der Waals surface area contributed by atoms with Gasteiger partial charge in [-0.2, -0.15) is 0 Å². The van der Waals surface area contributed by atoms with E-state index in [9.17, 15) is 24.5 Å². The number of nitrogens with zero attached hydrogens (tertiary/aromatic N) is 6. The van der Waals surface area contributed by atoms with Gasteiger partial charge in [0.2, 0.25) is 11.1 Å². The number of tetrazole rings is 1. The number of aryl methyl sites for hydroxylation is 1. The van der Waals surface area contributed by atoms with Crippen molar-refractivity contribution in [2.45, 2.75) is 29.4 Å². The minimum atomic E-state index is -1.25. The average molecular weight is 497 g/mol. The lowest BCUT2D eigenvalue weighted by Gasteiger charge is -2.41. The lowest BCUT2D eigenvalue weighted by molar-refractivity contribution is -0.384. The van der Waals surface area contributed by atoms with Crippen molar-refractivity contribution in [3.63, 3.8) is 0 Å². The zero-order valence-corrected chi connectivity index (χ0v) is 19.6. The SMILES string of the molecule is Cn1nnnc1Sc1ccc([N+](=O)[O-])cc1C(=O)OCC(=O)N1c2ccccc2NC(=O)C1(C)C. The lowest BCUT2D eigenvalue weighted by Crippen LogP contribution is -2.59. The monoisotopic (exact) mass is 497 g/mol. The van der Waals surface area contributed by atoms with Gasteiger partial charge in [-0.15, -0.1) is 5.10 Å². The summed E-state index contributed by atoms with van der Waals surface area (Å²) in [4.78, 5) is 50.9.